The first-order valence-corrected chi connectivity index (χ1v) is 9.71. The van der Waals surface area contributed by atoms with Gasteiger partial charge in [-0.05, 0) is 58.2 Å². The van der Waals surface area contributed by atoms with E-state index in [0.29, 0.717) is 16.9 Å². The molecule has 122 valence electrons. The van der Waals surface area contributed by atoms with Gasteiger partial charge in [0.25, 0.3) is 0 Å². The molecule has 1 saturated carbocycles. The van der Waals surface area contributed by atoms with Crippen molar-refractivity contribution in [3.05, 3.63) is 27.4 Å². The third-order valence-corrected chi connectivity index (χ3v) is 6.39. The van der Waals surface area contributed by atoms with Crippen LogP contribution in [0.25, 0.3) is 10.9 Å². The first-order chi connectivity index (χ1) is 10.8. The molecule has 0 radical (unpaired) electrons. The van der Waals surface area contributed by atoms with Crippen molar-refractivity contribution in [2.45, 2.75) is 46.1 Å². The van der Waals surface area contributed by atoms with E-state index in [9.17, 15) is 0 Å². The van der Waals surface area contributed by atoms with E-state index in [-0.39, 0.29) is 0 Å². The van der Waals surface area contributed by atoms with Gasteiger partial charge in [0, 0.05) is 26.9 Å². The number of benzene rings is 1. The summed E-state index contributed by atoms with van der Waals surface area (Å²) in [5.74, 6) is 1.09. The fraction of sp³-hybridized carbons (Fsp3) is 0.556. The highest BCUT2D eigenvalue weighted by Gasteiger charge is 2.50. The molecular weight excluding hydrogens is 418 g/mol. The first kappa shape index (κ1) is 15.8. The predicted molar refractivity (Wildman–Crippen MR) is 102 cm³/mol. The summed E-state index contributed by atoms with van der Waals surface area (Å²) in [7, 11) is 0. The van der Waals surface area contributed by atoms with Crippen LogP contribution in [0.3, 0.4) is 0 Å². The van der Waals surface area contributed by atoms with Crippen LogP contribution in [0.15, 0.2) is 27.4 Å². The first-order valence-electron chi connectivity index (χ1n) is 8.13. The Balaban J connectivity index is 1.85. The molecule has 1 aliphatic carbocycles. The molecule has 2 heterocycles. The molecular formula is C18H21Br2N3. The minimum absolute atomic E-state index is 0.396. The van der Waals surface area contributed by atoms with E-state index in [1.807, 2.05) is 6.07 Å². The van der Waals surface area contributed by atoms with E-state index in [2.05, 4.69) is 73.6 Å². The maximum Gasteiger partial charge on any atom is 0.140 e. The molecule has 23 heavy (non-hydrogen) atoms. The number of fused-ring (bicyclic) bond motifs is 3. The Morgan fingerprint density at radius 3 is 2.70 bits per heavy atom. The Kier molecular flexibility index (Phi) is 3.55. The zero-order chi connectivity index (χ0) is 16.4. The van der Waals surface area contributed by atoms with Gasteiger partial charge in [-0.1, -0.05) is 36.7 Å². The van der Waals surface area contributed by atoms with Gasteiger partial charge < -0.3 is 4.90 Å². The monoisotopic (exact) mass is 437 g/mol. The number of rotatable bonds is 1. The number of aromatic nitrogens is 2. The molecule has 1 aromatic heterocycles. The molecule has 0 amide bonds. The number of hydrogen-bond donors (Lipinski definition) is 0. The Labute approximate surface area is 154 Å². The second kappa shape index (κ2) is 5.16. The smallest absolute Gasteiger partial charge is 0.140 e. The molecule has 0 spiro atoms. The molecule has 1 aliphatic heterocycles. The van der Waals surface area contributed by atoms with E-state index in [4.69, 9.17) is 0 Å². The van der Waals surface area contributed by atoms with Gasteiger partial charge >= 0.3 is 0 Å². The Morgan fingerprint density at radius 1 is 1.13 bits per heavy atom. The van der Waals surface area contributed by atoms with E-state index in [0.717, 1.165) is 32.2 Å². The van der Waals surface area contributed by atoms with E-state index < -0.39 is 0 Å². The Bertz CT molecular complexity index is 789. The summed E-state index contributed by atoms with van der Waals surface area (Å²) >= 11 is 7.24. The lowest BCUT2D eigenvalue weighted by molar-refractivity contribution is 0.136. The van der Waals surface area contributed by atoms with Crippen molar-refractivity contribution in [3.63, 3.8) is 0 Å². The molecule has 3 nitrogen and oxygen atoms in total. The highest BCUT2D eigenvalue weighted by atomic mass is 79.9. The van der Waals surface area contributed by atoms with Crippen LogP contribution in [0, 0.1) is 10.8 Å². The number of hydrogen-bond acceptors (Lipinski definition) is 3. The standard InChI is InChI=1S/C18H21Br2N3/c1-17(2)6-12-7-18(3,8-17)9-23(12)16-13-4-11(19)5-14(20)15(13)21-10-22-16/h4-5,10,12H,6-9H2,1-3H3. The van der Waals surface area contributed by atoms with Crippen molar-refractivity contribution >= 4 is 48.6 Å². The number of halogens is 2. The van der Waals surface area contributed by atoms with E-state index in [1.54, 1.807) is 6.33 Å². The lowest BCUT2D eigenvalue weighted by Crippen LogP contribution is -2.35. The van der Waals surface area contributed by atoms with Crippen molar-refractivity contribution < 1.29 is 0 Å². The quantitative estimate of drug-likeness (QED) is 0.583. The van der Waals surface area contributed by atoms with Gasteiger partial charge in [-0.15, -0.1) is 0 Å². The molecule has 2 aromatic rings. The van der Waals surface area contributed by atoms with Crippen LogP contribution >= 0.6 is 31.9 Å². The minimum atomic E-state index is 0.396. The minimum Gasteiger partial charge on any atom is -0.352 e. The van der Waals surface area contributed by atoms with Crippen LogP contribution in [0.2, 0.25) is 0 Å². The Morgan fingerprint density at radius 2 is 1.91 bits per heavy atom. The third-order valence-electron chi connectivity index (χ3n) is 5.32. The van der Waals surface area contributed by atoms with Crippen LogP contribution in [-0.2, 0) is 0 Å². The molecule has 5 heteroatoms. The zero-order valence-corrected chi connectivity index (χ0v) is 16.9. The molecule has 2 bridgehead atoms. The maximum absolute atomic E-state index is 4.68. The summed E-state index contributed by atoms with van der Waals surface area (Å²) < 4.78 is 2.07. The molecule has 4 rings (SSSR count). The predicted octanol–water partition coefficient (Wildman–Crippen LogP) is 5.56. The van der Waals surface area contributed by atoms with Crippen molar-refractivity contribution in [1.82, 2.24) is 9.97 Å². The molecule has 1 aromatic carbocycles. The SMILES string of the molecule is CC1(C)CC2CC(C)(CN2c2ncnc3c(Br)cc(Br)cc23)C1. The van der Waals surface area contributed by atoms with Crippen molar-refractivity contribution in [2.24, 2.45) is 10.8 Å². The van der Waals surface area contributed by atoms with E-state index >= 15 is 0 Å². The van der Waals surface area contributed by atoms with Crippen LogP contribution in [0.4, 0.5) is 5.82 Å². The van der Waals surface area contributed by atoms with Gasteiger partial charge in [0.2, 0.25) is 0 Å². The highest BCUT2D eigenvalue weighted by molar-refractivity contribution is 9.11. The van der Waals surface area contributed by atoms with Crippen LogP contribution in [0.1, 0.15) is 40.0 Å². The summed E-state index contributed by atoms with van der Waals surface area (Å²) in [6.07, 6.45) is 5.51. The van der Waals surface area contributed by atoms with Crippen LogP contribution in [-0.4, -0.2) is 22.6 Å². The highest BCUT2D eigenvalue weighted by Crippen LogP contribution is 2.53. The van der Waals surface area contributed by atoms with Gasteiger partial charge in [0.1, 0.15) is 12.1 Å². The maximum atomic E-state index is 4.68. The number of anilines is 1. The van der Waals surface area contributed by atoms with Crippen LogP contribution < -0.4 is 4.90 Å². The second-order valence-corrected chi connectivity index (χ2v) is 10.1. The third kappa shape index (κ3) is 2.70. The van der Waals surface area contributed by atoms with Gasteiger partial charge in [0.05, 0.1) is 5.52 Å². The fourth-order valence-electron chi connectivity index (χ4n) is 5.01. The molecule has 0 N–H and O–H groups in total. The van der Waals surface area contributed by atoms with Gasteiger partial charge in [-0.3, -0.25) is 0 Å². The summed E-state index contributed by atoms with van der Waals surface area (Å²) in [5.41, 5.74) is 1.80. The lowest BCUT2D eigenvalue weighted by atomic mass is 9.65. The lowest BCUT2D eigenvalue weighted by Gasteiger charge is -2.39. The average molecular weight is 439 g/mol. The summed E-state index contributed by atoms with van der Waals surface area (Å²) in [4.78, 5) is 11.7. The molecule has 2 fully saturated rings. The summed E-state index contributed by atoms with van der Waals surface area (Å²) in [6, 6.07) is 4.77. The second-order valence-electron chi connectivity index (χ2n) is 8.32. The Hall–Kier alpha value is -0.680. The average Bonchev–Trinajstić information content (AvgIpc) is 2.67. The van der Waals surface area contributed by atoms with Gasteiger partial charge in [-0.25, -0.2) is 9.97 Å². The summed E-state index contributed by atoms with van der Waals surface area (Å²) in [5, 5.41) is 1.13. The molecule has 2 aliphatic rings. The van der Waals surface area contributed by atoms with Crippen LogP contribution in [0.5, 0.6) is 0 Å². The molecule has 2 atom stereocenters. The molecule has 2 unspecified atom stereocenters. The topological polar surface area (TPSA) is 29.0 Å². The fourth-order valence-corrected chi connectivity index (χ4v) is 6.34. The van der Waals surface area contributed by atoms with Crippen molar-refractivity contribution in [3.8, 4) is 0 Å². The zero-order valence-electron chi connectivity index (χ0n) is 13.7. The number of nitrogens with zero attached hydrogens (tertiary/aromatic N) is 3. The normalized spacial score (nSPS) is 29.3. The largest absolute Gasteiger partial charge is 0.352 e. The summed E-state index contributed by atoms with van der Waals surface area (Å²) in [6.45, 7) is 8.35. The van der Waals surface area contributed by atoms with E-state index in [1.165, 1.54) is 19.3 Å². The molecule has 1 saturated heterocycles. The van der Waals surface area contributed by atoms with Gasteiger partial charge in [0.15, 0.2) is 0 Å². The van der Waals surface area contributed by atoms with Crippen molar-refractivity contribution in [2.75, 3.05) is 11.4 Å². The van der Waals surface area contributed by atoms with Gasteiger partial charge in [-0.2, -0.15) is 0 Å². The van der Waals surface area contributed by atoms with Crippen molar-refractivity contribution in [1.29, 1.82) is 0 Å².